The molecule has 2 aliphatic rings. The zero-order valence-corrected chi connectivity index (χ0v) is 11.0. The third-order valence-corrected chi connectivity index (χ3v) is 3.78. The zero-order valence-electron chi connectivity index (χ0n) is 11.0. The second kappa shape index (κ2) is 5.12. The third kappa shape index (κ3) is 2.30. The first-order chi connectivity index (χ1) is 9.56. The molecule has 6 heteroatoms. The molecule has 2 aliphatic heterocycles. The zero-order chi connectivity index (χ0) is 14.3. The van der Waals surface area contributed by atoms with Crippen LogP contribution in [0, 0.1) is 12.7 Å². The van der Waals surface area contributed by atoms with Gasteiger partial charge in [0.25, 0.3) is 5.91 Å². The predicted octanol–water partition coefficient (Wildman–Crippen LogP) is 0.391. The van der Waals surface area contributed by atoms with Crippen molar-refractivity contribution in [2.24, 2.45) is 0 Å². The fourth-order valence-electron chi connectivity index (χ4n) is 2.73. The number of nitrogens with one attached hydrogen (secondary N) is 1. The Labute approximate surface area is 115 Å². The Hall–Kier alpha value is -1.50. The lowest BCUT2D eigenvalue weighted by molar-refractivity contribution is 0.0178. The molecule has 0 saturated carbocycles. The van der Waals surface area contributed by atoms with Gasteiger partial charge in [-0.1, -0.05) is 0 Å². The highest BCUT2D eigenvalue weighted by atomic mass is 19.1. The number of rotatable bonds is 2. The summed E-state index contributed by atoms with van der Waals surface area (Å²) < 4.78 is 23.9. The van der Waals surface area contributed by atoms with E-state index in [1.807, 2.05) is 0 Å². The number of benzene rings is 1. The van der Waals surface area contributed by atoms with Crippen LogP contribution in [0.3, 0.4) is 0 Å². The molecule has 3 rings (SSSR count). The van der Waals surface area contributed by atoms with Gasteiger partial charge in [-0.25, -0.2) is 4.39 Å². The van der Waals surface area contributed by atoms with Crippen LogP contribution in [0.15, 0.2) is 18.2 Å². The van der Waals surface area contributed by atoms with Crippen LogP contribution in [-0.4, -0.2) is 48.6 Å². The fraction of sp³-hybridized carbons (Fsp3) is 0.500. The average Bonchev–Trinajstić information content (AvgIpc) is 2.94. The molecule has 0 unspecified atom stereocenters. The molecule has 5 nitrogen and oxygen atoms in total. The predicted molar refractivity (Wildman–Crippen MR) is 67.9 cm³/mol. The molecule has 0 bridgehead atoms. The van der Waals surface area contributed by atoms with Gasteiger partial charge < -0.3 is 19.9 Å². The summed E-state index contributed by atoms with van der Waals surface area (Å²) in [6, 6.07) is 3.73. The largest absolute Gasteiger partial charge is 0.388 e. The summed E-state index contributed by atoms with van der Waals surface area (Å²) >= 11 is 0. The molecule has 0 aromatic heterocycles. The van der Waals surface area contributed by atoms with Crippen LogP contribution in [0.4, 0.5) is 4.39 Å². The Kier molecular flexibility index (Phi) is 3.45. The van der Waals surface area contributed by atoms with Crippen LogP contribution in [0.1, 0.15) is 15.9 Å². The lowest BCUT2D eigenvalue weighted by atomic mass is 10.1. The van der Waals surface area contributed by atoms with Crippen LogP contribution in [0.5, 0.6) is 0 Å². The van der Waals surface area contributed by atoms with Crippen LogP contribution in [-0.2, 0) is 9.47 Å². The Bertz CT molecular complexity index is 536. The minimum absolute atomic E-state index is 0.220. The molecule has 1 amide bonds. The second-order valence-corrected chi connectivity index (χ2v) is 5.20. The second-order valence-electron chi connectivity index (χ2n) is 5.20. The standard InChI is InChI=1S/C14H16FNO4/c1-7-4-8(15)2-3-9(7)14(18)16-10-5-19-13-11(17)6-20-12(10)13/h2-4,10-13,17H,5-6H2,1H3,(H,16,18)/t10-,11+,12+,13+/m0/s1. The molecular weight excluding hydrogens is 265 g/mol. The van der Waals surface area contributed by atoms with Gasteiger partial charge in [0.15, 0.2) is 0 Å². The van der Waals surface area contributed by atoms with Gasteiger partial charge in [0.05, 0.1) is 19.3 Å². The smallest absolute Gasteiger partial charge is 0.251 e. The summed E-state index contributed by atoms with van der Waals surface area (Å²) in [6.45, 7) is 2.21. The number of aryl methyl sites for hydroxylation is 1. The van der Waals surface area contributed by atoms with Gasteiger partial charge in [-0.2, -0.15) is 0 Å². The van der Waals surface area contributed by atoms with Gasteiger partial charge in [-0.15, -0.1) is 0 Å². The molecule has 1 aromatic carbocycles. The van der Waals surface area contributed by atoms with E-state index in [1.165, 1.54) is 18.2 Å². The van der Waals surface area contributed by atoms with E-state index in [0.717, 1.165) is 0 Å². The van der Waals surface area contributed by atoms with E-state index in [9.17, 15) is 14.3 Å². The number of amides is 1. The first-order valence-corrected chi connectivity index (χ1v) is 6.54. The lowest BCUT2D eigenvalue weighted by Gasteiger charge is -2.18. The summed E-state index contributed by atoms with van der Waals surface area (Å²) in [5.74, 6) is -0.660. The molecule has 0 radical (unpaired) electrons. The van der Waals surface area contributed by atoms with Crippen molar-refractivity contribution in [2.45, 2.75) is 31.3 Å². The van der Waals surface area contributed by atoms with Crippen molar-refractivity contribution in [3.8, 4) is 0 Å². The minimum atomic E-state index is -0.644. The van der Waals surface area contributed by atoms with Crippen molar-refractivity contribution in [1.29, 1.82) is 0 Å². The Morgan fingerprint density at radius 3 is 2.85 bits per heavy atom. The van der Waals surface area contributed by atoms with E-state index in [0.29, 0.717) is 17.7 Å². The number of hydrogen-bond acceptors (Lipinski definition) is 4. The maximum atomic E-state index is 13.0. The van der Waals surface area contributed by atoms with Gasteiger partial charge >= 0.3 is 0 Å². The highest BCUT2D eigenvalue weighted by Crippen LogP contribution is 2.27. The van der Waals surface area contributed by atoms with Crippen molar-refractivity contribution < 1.29 is 23.8 Å². The first kappa shape index (κ1) is 13.5. The van der Waals surface area contributed by atoms with Crippen molar-refractivity contribution in [3.63, 3.8) is 0 Å². The molecule has 2 N–H and O–H groups in total. The summed E-state index contributed by atoms with van der Waals surface area (Å²) in [4.78, 5) is 12.2. The highest BCUT2D eigenvalue weighted by molar-refractivity contribution is 5.95. The van der Waals surface area contributed by atoms with Crippen molar-refractivity contribution >= 4 is 5.91 Å². The van der Waals surface area contributed by atoms with E-state index in [-0.39, 0.29) is 36.6 Å². The summed E-state index contributed by atoms with van der Waals surface area (Å²) in [5.41, 5.74) is 0.999. The highest BCUT2D eigenvalue weighted by Gasteiger charge is 2.47. The molecule has 2 saturated heterocycles. The van der Waals surface area contributed by atoms with Crippen LogP contribution < -0.4 is 5.32 Å². The summed E-state index contributed by atoms with van der Waals surface area (Å²) in [7, 11) is 0. The molecule has 0 spiro atoms. The van der Waals surface area contributed by atoms with Crippen LogP contribution in [0.2, 0.25) is 0 Å². The molecule has 2 heterocycles. The van der Waals surface area contributed by atoms with Gasteiger partial charge in [-0.3, -0.25) is 4.79 Å². The molecule has 20 heavy (non-hydrogen) atoms. The van der Waals surface area contributed by atoms with E-state index in [1.54, 1.807) is 6.92 Å². The number of carbonyl (C=O) groups excluding carboxylic acids is 1. The number of hydrogen-bond donors (Lipinski definition) is 2. The van der Waals surface area contributed by atoms with E-state index < -0.39 is 6.10 Å². The minimum Gasteiger partial charge on any atom is -0.388 e. The molecule has 1 aromatic rings. The van der Waals surface area contributed by atoms with Crippen molar-refractivity contribution in [2.75, 3.05) is 13.2 Å². The topological polar surface area (TPSA) is 67.8 Å². The third-order valence-electron chi connectivity index (χ3n) is 3.78. The molecule has 0 aliphatic carbocycles. The van der Waals surface area contributed by atoms with Gasteiger partial charge in [0.2, 0.25) is 0 Å². The SMILES string of the molecule is Cc1cc(F)ccc1C(=O)N[C@H]1CO[C@H]2[C@@H]1OC[C@H]2O. The van der Waals surface area contributed by atoms with E-state index in [4.69, 9.17) is 9.47 Å². The monoisotopic (exact) mass is 281 g/mol. The number of carbonyl (C=O) groups is 1. The number of fused-ring (bicyclic) bond motifs is 1. The van der Waals surface area contributed by atoms with Gasteiger partial charge in [0.1, 0.15) is 24.1 Å². The normalized spacial score (nSPS) is 32.1. The maximum absolute atomic E-state index is 13.0. The average molecular weight is 281 g/mol. The summed E-state index contributed by atoms with van der Waals surface area (Å²) in [6.07, 6.45) is -1.35. The molecule has 108 valence electrons. The Balaban J connectivity index is 1.70. The Morgan fingerprint density at radius 2 is 2.10 bits per heavy atom. The molecule has 2 fully saturated rings. The van der Waals surface area contributed by atoms with Gasteiger partial charge in [0, 0.05) is 5.56 Å². The quantitative estimate of drug-likeness (QED) is 0.823. The van der Waals surface area contributed by atoms with E-state index >= 15 is 0 Å². The van der Waals surface area contributed by atoms with Crippen molar-refractivity contribution in [1.82, 2.24) is 5.32 Å². The lowest BCUT2D eigenvalue weighted by Crippen LogP contribution is -2.44. The van der Waals surface area contributed by atoms with Crippen LogP contribution in [0.25, 0.3) is 0 Å². The number of aliphatic hydroxyl groups is 1. The first-order valence-electron chi connectivity index (χ1n) is 6.54. The number of aliphatic hydroxyl groups excluding tert-OH is 1. The summed E-state index contributed by atoms with van der Waals surface area (Å²) in [5, 5.41) is 12.5. The van der Waals surface area contributed by atoms with Crippen LogP contribution >= 0.6 is 0 Å². The number of ether oxygens (including phenoxy) is 2. The Morgan fingerprint density at radius 1 is 1.35 bits per heavy atom. The fourth-order valence-corrected chi connectivity index (χ4v) is 2.73. The molecule has 4 atom stereocenters. The number of halogens is 1. The molecular formula is C14H16FNO4. The van der Waals surface area contributed by atoms with Gasteiger partial charge in [-0.05, 0) is 30.7 Å². The van der Waals surface area contributed by atoms with E-state index in [2.05, 4.69) is 5.32 Å². The maximum Gasteiger partial charge on any atom is 0.251 e. The van der Waals surface area contributed by atoms with Crippen molar-refractivity contribution in [3.05, 3.63) is 35.1 Å².